The number of hydrogen-bond acceptors (Lipinski definition) is 0. The van der Waals surface area contributed by atoms with Crippen LogP contribution >= 0.6 is 0 Å². The number of aryl methyl sites for hydroxylation is 2. The molecule has 0 saturated heterocycles. The highest BCUT2D eigenvalue weighted by Gasteiger charge is 2.08. The van der Waals surface area contributed by atoms with E-state index in [4.69, 9.17) is 0 Å². The molecule has 4 heteroatoms. The zero-order chi connectivity index (χ0) is 34.0. The van der Waals surface area contributed by atoms with Crippen molar-refractivity contribution < 1.29 is 17.6 Å². The van der Waals surface area contributed by atoms with Crippen LogP contribution < -0.4 is 0 Å². The normalized spacial score (nSPS) is 11.2. The number of benzene rings is 6. The van der Waals surface area contributed by atoms with Crippen molar-refractivity contribution in [3.63, 3.8) is 0 Å². The molecule has 0 aliphatic carbocycles. The van der Waals surface area contributed by atoms with Crippen LogP contribution in [0.4, 0.5) is 17.6 Å². The van der Waals surface area contributed by atoms with E-state index in [0.29, 0.717) is 11.1 Å². The van der Waals surface area contributed by atoms with Gasteiger partial charge in [0, 0.05) is 0 Å². The van der Waals surface area contributed by atoms with Gasteiger partial charge in [0.1, 0.15) is 0 Å². The molecule has 0 N–H and O–H groups in total. The standard InChI is InChI=1S/C45H40F4/c46-42-27-25-40(30-44(42)48)37-19-17-35(18-20-37)34-15-13-32(14-16-34)9-6-4-2-1-3-5-7-10-33-11-8-12-39(29-33)36-21-23-38(24-22-36)41-26-28-43(47)45(49)31-41/h8,11-31H,1-7,9-10H2. The fraction of sp³-hybridized carbons (Fsp3) is 0.200. The Labute approximate surface area is 287 Å². The van der Waals surface area contributed by atoms with Crippen molar-refractivity contribution >= 4 is 0 Å². The molecule has 0 bridgehead atoms. The third-order valence-electron chi connectivity index (χ3n) is 9.25. The Kier molecular flexibility index (Phi) is 11.4. The maximum absolute atomic E-state index is 13.6. The lowest BCUT2D eigenvalue weighted by molar-refractivity contribution is 0.509. The van der Waals surface area contributed by atoms with E-state index in [1.165, 1.54) is 79.8 Å². The van der Waals surface area contributed by atoms with E-state index >= 15 is 0 Å². The minimum Gasteiger partial charge on any atom is -0.204 e. The van der Waals surface area contributed by atoms with Gasteiger partial charge in [0.15, 0.2) is 23.3 Å². The zero-order valence-electron chi connectivity index (χ0n) is 27.6. The van der Waals surface area contributed by atoms with Crippen LogP contribution in [0.5, 0.6) is 0 Å². The Hall–Kier alpha value is -4.96. The molecule has 0 radical (unpaired) electrons. The van der Waals surface area contributed by atoms with Crippen LogP contribution in [0.2, 0.25) is 0 Å². The largest absolute Gasteiger partial charge is 0.204 e. The maximum atomic E-state index is 13.6. The SMILES string of the molecule is Fc1ccc(-c2ccc(-c3ccc(CCCCCCCCCc4cccc(-c5ccc(-c6ccc(F)c(F)c6)cc5)c4)cc3)cc2)cc1F. The molecular formula is C45H40F4. The van der Waals surface area contributed by atoms with Crippen LogP contribution in [0.15, 0.2) is 133 Å². The summed E-state index contributed by atoms with van der Waals surface area (Å²) in [6.45, 7) is 0. The van der Waals surface area contributed by atoms with Gasteiger partial charge < -0.3 is 0 Å². The van der Waals surface area contributed by atoms with Crippen LogP contribution in [-0.2, 0) is 12.8 Å². The van der Waals surface area contributed by atoms with Gasteiger partial charge in [-0.2, -0.15) is 0 Å². The van der Waals surface area contributed by atoms with Gasteiger partial charge in [-0.25, -0.2) is 17.6 Å². The van der Waals surface area contributed by atoms with E-state index < -0.39 is 23.3 Å². The van der Waals surface area contributed by atoms with Crippen molar-refractivity contribution in [2.45, 2.75) is 57.8 Å². The monoisotopic (exact) mass is 656 g/mol. The molecule has 49 heavy (non-hydrogen) atoms. The van der Waals surface area contributed by atoms with Crippen LogP contribution in [0.1, 0.15) is 56.1 Å². The average Bonchev–Trinajstić information content (AvgIpc) is 3.14. The van der Waals surface area contributed by atoms with Gasteiger partial charge >= 0.3 is 0 Å². The lowest BCUT2D eigenvalue weighted by Crippen LogP contribution is -1.89. The molecule has 0 aliphatic rings. The lowest BCUT2D eigenvalue weighted by Gasteiger charge is -2.08. The van der Waals surface area contributed by atoms with Crippen molar-refractivity contribution in [2.24, 2.45) is 0 Å². The number of unbranched alkanes of at least 4 members (excludes halogenated alkanes) is 6. The Balaban J connectivity index is 0.868. The summed E-state index contributed by atoms with van der Waals surface area (Å²) in [4.78, 5) is 0. The van der Waals surface area contributed by atoms with Crippen molar-refractivity contribution in [3.05, 3.63) is 168 Å². The van der Waals surface area contributed by atoms with Crippen molar-refractivity contribution in [3.8, 4) is 44.5 Å². The predicted molar refractivity (Wildman–Crippen MR) is 194 cm³/mol. The smallest absolute Gasteiger partial charge is 0.159 e. The molecule has 0 heterocycles. The minimum atomic E-state index is -0.834. The second-order valence-corrected chi connectivity index (χ2v) is 12.8. The molecule has 0 fully saturated rings. The highest BCUT2D eigenvalue weighted by molar-refractivity contribution is 5.72. The first-order chi connectivity index (χ1) is 23.9. The van der Waals surface area contributed by atoms with Crippen LogP contribution in [0, 0.1) is 23.3 Å². The molecule has 0 amide bonds. The van der Waals surface area contributed by atoms with E-state index in [1.54, 1.807) is 12.1 Å². The molecule has 0 unspecified atom stereocenters. The van der Waals surface area contributed by atoms with E-state index in [2.05, 4.69) is 48.5 Å². The molecule has 0 spiro atoms. The van der Waals surface area contributed by atoms with Gasteiger partial charge in [0.2, 0.25) is 0 Å². The molecular weight excluding hydrogens is 616 g/mol. The summed E-state index contributed by atoms with van der Waals surface area (Å²) in [5.41, 5.74) is 10.2. The summed E-state index contributed by atoms with van der Waals surface area (Å²) in [6.07, 6.45) is 10.8. The molecule has 6 aromatic rings. The quantitative estimate of drug-likeness (QED) is 0.0808. The highest BCUT2D eigenvalue weighted by atomic mass is 19.2. The highest BCUT2D eigenvalue weighted by Crippen LogP contribution is 2.28. The maximum Gasteiger partial charge on any atom is 0.159 e. The van der Waals surface area contributed by atoms with E-state index in [-0.39, 0.29) is 0 Å². The van der Waals surface area contributed by atoms with Crippen LogP contribution in [0.3, 0.4) is 0 Å². The van der Waals surface area contributed by atoms with Crippen molar-refractivity contribution in [2.75, 3.05) is 0 Å². The van der Waals surface area contributed by atoms with E-state index in [9.17, 15) is 17.6 Å². The molecule has 0 saturated carbocycles. The van der Waals surface area contributed by atoms with Gasteiger partial charge in [-0.15, -0.1) is 0 Å². The minimum absolute atomic E-state index is 0.661. The summed E-state index contributed by atoms with van der Waals surface area (Å²) in [5.74, 6) is -3.33. The molecule has 0 atom stereocenters. The first kappa shape index (κ1) is 33.9. The van der Waals surface area contributed by atoms with Crippen LogP contribution in [-0.4, -0.2) is 0 Å². The predicted octanol–water partition coefficient (Wildman–Crippen LogP) is 13.4. The molecule has 248 valence electrons. The number of hydrogen-bond donors (Lipinski definition) is 0. The molecule has 6 aromatic carbocycles. The van der Waals surface area contributed by atoms with Gasteiger partial charge in [0.05, 0.1) is 0 Å². The third kappa shape index (κ3) is 9.14. The molecule has 0 aliphatic heterocycles. The molecule has 0 aromatic heterocycles. The second-order valence-electron chi connectivity index (χ2n) is 12.8. The first-order valence-electron chi connectivity index (χ1n) is 17.2. The summed E-state index contributed by atoms with van der Waals surface area (Å²) in [7, 11) is 0. The van der Waals surface area contributed by atoms with Gasteiger partial charge in [-0.3, -0.25) is 0 Å². The van der Waals surface area contributed by atoms with Crippen molar-refractivity contribution in [1.29, 1.82) is 0 Å². The van der Waals surface area contributed by atoms with E-state index in [0.717, 1.165) is 46.7 Å². The second kappa shape index (κ2) is 16.4. The lowest BCUT2D eigenvalue weighted by atomic mass is 9.97. The zero-order valence-corrected chi connectivity index (χ0v) is 27.6. The van der Waals surface area contributed by atoms with Crippen LogP contribution in [0.25, 0.3) is 44.5 Å². The Morgan fingerprint density at radius 3 is 1.06 bits per heavy atom. The summed E-state index contributed by atoms with van der Waals surface area (Å²) < 4.78 is 53.8. The molecule has 6 rings (SSSR count). The van der Waals surface area contributed by atoms with E-state index in [1.807, 2.05) is 48.5 Å². The summed E-state index contributed by atoms with van der Waals surface area (Å²) in [6, 6.07) is 41.3. The number of rotatable bonds is 14. The Morgan fingerprint density at radius 2 is 0.612 bits per heavy atom. The molecule has 0 nitrogen and oxygen atoms in total. The Bertz CT molecular complexity index is 1960. The van der Waals surface area contributed by atoms with Crippen molar-refractivity contribution in [1.82, 2.24) is 0 Å². The fourth-order valence-corrected chi connectivity index (χ4v) is 6.37. The fourth-order valence-electron chi connectivity index (χ4n) is 6.37. The van der Waals surface area contributed by atoms with Gasteiger partial charge in [-0.05, 0) is 106 Å². The summed E-state index contributed by atoms with van der Waals surface area (Å²) in [5, 5.41) is 0. The third-order valence-corrected chi connectivity index (χ3v) is 9.25. The first-order valence-corrected chi connectivity index (χ1v) is 17.2. The van der Waals surface area contributed by atoms with Gasteiger partial charge in [0.25, 0.3) is 0 Å². The topological polar surface area (TPSA) is 0 Å². The average molecular weight is 657 g/mol. The Morgan fingerprint density at radius 1 is 0.265 bits per heavy atom. The van der Waals surface area contributed by atoms with Gasteiger partial charge in [-0.1, -0.05) is 141 Å². The summed E-state index contributed by atoms with van der Waals surface area (Å²) >= 11 is 0. The number of halogens is 4.